The number of nitrogens with one attached hydrogen (secondary N) is 1. The van der Waals surface area contributed by atoms with E-state index in [1.165, 1.54) is 0 Å². The Bertz CT molecular complexity index is 1380. The Morgan fingerprint density at radius 3 is 2.14 bits per heavy atom. The molecule has 0 spiro atoms. The van der Waals surface area contributed by atoms with Gasteiger partial charge in [-0.1, -0.05) is 18.2 Å². The molecule has 0 fully saturated rings. The van der Waals surface area contributed by atoms with Gasteiger partial charge in [0.1, 0.15) is 0 Å². The number of fused-ring (bicyclic) bond motifs is 1. The van der Waals surface area contributed by atoms with E-state index >= 15 is 0 Å². The van der Waals surface area contributed by atoms with Gasteiger partial charge in [-0.05, 0) is 53.8 Å². The topological polar surface area (TPSA) is 78.9 Å². The molecule has 7 nitrogen and oxygen atoms in total. The summed E-state index contributed by atoms with van der Waals surface area (Å²) in [4.78, 5) is 17.8. The molecule has 0 aliphatic carbocycles. The van der Waals surface area contributed by atoms with Crippen LogP contribution < -0.4 is 24.3 Å². The van der Waals surface area contributed by atoms with Crippen LogP contribution in [0.5, 0.6) is 23.0 Å². The normalized spacial score (nSPS) is 10.7. The highest BCUT2D eigenvalue weighted by Crippen LogP contribution is 2.37. The SMILES string of the molecule is COc1cc(Cc2nccc3cc(OC)c(OC)cc23)c(NC(=O)c2ccccc2C)cc1OC. The van der Waals surface area contributed by atoms with Crippen molar-refractivity contribution in [3.63, 3.8) is 0 Å². The van der Waals surface area contributed by atoms with E-state index in [0.717, 1.165) is 27.6 Å². The number of pyridine rings is 1. The molecule has 0 saturated heterocycles. The van der Waals surface area contributed by atoms with Gasteiger partial charge in [0.05, 0.1) is 34.1 Å². The first kappa shape index (κ1) is 23.9. The Hall–Kier alpha value is -4.26. The molecule has 1 amide bonds. The third kappa shape index (κ3) is 4.84. The number of benzene rings is 3. The minimum atomic E-state index is -0.200. The number of methoxy groups -OCH3 is 4. The number of hydrogen-bond acceptors (Lipinski definition) is 6. The van der Waals surface area contributed by atoms with Crippen LogP contribution in [-0.2, 0) is 6.42 Å². The average Bonchev–Trinajstić information content (AvgIpc) is 2.88. The second kappa shape index (κ2) is 10.3. The number of aromatic nitrogens is 1. The third-order valence-electron chi connectivity index (χ3n) is 5.96. The van der Waals surface area contributed by atoms with Gasteiger partial charge in [0.25, 0.3) is 5.91 Å². The van der Waals surface area contributed by atoms with Crippen molar-refractivity contribution in [1.82, 2.24) is 4.98 Å². The van der Waals surface area contributed by atoms with Crippen molar-refractivity contribution in [1.29, 1.82) is 0 Å². The first-order chi connectivity index (χ1) is 17.0. The maximum Gasteiger partial charge on any atom is 0.255 e. The summed E-state index contributed by atoms with van der Waals surface area (Å²) in [6.45, 7) is 1.91. The van der Waals surface area contributed by atoms with Crippen molar-refractivity contribution >= 4 is 22.4 Å². The molecule has 4 rings (SSSR count). The molecule has 0 atom stereocenters. The van der Waals surface area contributed by atoms with Crippen LogP contribution in [0.25, 0.3) is 10.8 Å². The molecule has 4 aromatic rings. The molecular formula is C28H28N2O5. The van der Waals surface area contributed by atoms with Crippen molar-refractivity contribution < 1.29 is 23.7 Å². The van der Waals surface area contributed by atoms with Crippen LogP contribution in [-0.4, -0.2) is 39.3 Å². The maximum absolute atomic E-state index is 13.1. The Kier molecular flexibility index (Phi) is 7.06. The highest BCUT2D eigenvalue weighted by atomic mass is 16.5. The van der Waals surface area contributed by atoms with Crippen molar-refractivity contribution in [2.75, 3.05) is 33.8 Å². The molecule has 1 heterocycles. The summed E-state index contributed by atoms with van der Waals surface area (Å²) in [6.07, 6.45) is 2.20. The predicted molar refractivity (Wildman–Crippen MR) is 136 cm³/mol. The number of carbonyl (C=O) groups excluding carboxylic acids is 1. The summed E-state index contributed by atoms with van der Waals surface area (Å²) < 4.78 is 22.0. The van der Waals surface area contributed by atoms with E-state index in [1.54, 1.807) is 46.8 Å². The molecule has 1 N–H and O–H groups in total. The van der Waals surface area contributed by atoms with Gasteiger partial charge in [-0.25, -0.2) is 0 Å². The van der Waals surface area contributed by atoms with Crippen LogP contribution in [0.4, 0.5) is 5.69 Å². The number of anilines is 1. The monoisotopic (exact) mass is 472 g/mol. The third-order valence-corrected chi connectivity index (χ3v) is 5.96. The number of nitrogens with zero attached hydrogens (tertiary/aromatic N) is 1. The molecule has 0 radical (unpaired) electrons. The minimum Gasteiger partial charge on any atom is -0.493 e. The average molecular weight is 473 g/mol. The standard InChI is InChI=1S/C28H28N2O5/c1-17-8-6-7-9-20(17)28(31)30-22-16-27(35-5)25(33-3)14-19(22)12-23-21-15-26(34-4)24(32-2)13-18(21)10-11-29-23/h6-11,13-16H,12H2,1-5H3,(H,30,31). The fourth-order valence-electron chi connectivity index (χ4n) is 4.08. The van der Waals surface area contributed by atoms with Gasteiger partial charge in [-0.15, -0.1) is 0 Å². The van der Waals surface area contributed by atoms with Crippen LogP contribution in [0.2, 0.25) is 0 Å². The summed E-state index contributed by atoms with van der Waals surface area (Å²) >= 11 is 0. The van der Waals surface area contributed by atoms with E-state index in [4.69, 9.17) is 18.9 Å². The number of hydrogen-bond donors (Lipinski definition) is 1. The molecule has 0 unspecified atom stereocenters. The molecular weight excluding hydrogens is 444 g/mol. The fourth-order valence-corrected chi connectivity index (χ4v) is 4.08. The first-order valence-electron chi connectivity index (χ1n) is 11.1. The number of amides is 1. The van der Waals surface area contributed by atoms with E-state index < -0.39 is 0 Å². The van der Waals surface area contributed by atoms with Crippen molar-refractivity contribution in [2.45, 2.75) is 13.3 Å². The van der Waals surface area contributed by atoms with Gasteiger partial charge >= 0.3 is 0 Å². The van der Waals surface area contributed by atoms with E-state index in [1.807, 2.05) is 49.4 Å². The lowest BCUT2D eigenvalue weighted by molar-refractivity contribution is 0.102. The second-order valence-electron chi connectivity index (χ2n) is 8.00. The predicted octanol–water partition coefficient (Wildman–Crippen LogP) is 5.42. The molecule has 0 aliphatic heterocycles. The number of carbonyl (C=O) groups is 1. The summed E-state index contributed by atoms with van der Waals surface area (Å²) in [6, 6.07) is 16.9. The zero-order valence-electron chi connectivity index (χ0n) is 20.5. The Labute approximate surface area is 204 Å². The lowest BCUT2D eigenvalue weighted by Crippen LogP contribution is -2.15. The van der Waals surface area contributed by atoms with Crippen LogP contribution in [0, 0.1) is 6.92 Å². The Balaban J connectivity index is 1.80. The highest BCUT2D eigenvalue weighted by molar-refractivity contribution is 6.06. The molecule has 0 saturated carbocycles. The van der Waals surface area contributed by atoms with Gasteiger partial charge in [-0.2, -0.15) is 0 Å². The van der Waals surface area contributed by atoms with E-state index in [9.17, 15) is 4.79 Å². The van der Waals surface area contributed by atoms with Gasteiger partial charge < -0.3 is 24.3 Å². The molecule has 0 bridgehead atoms. The molecule has 0 aliphatic rings. The highest BCUT2D eigenvalue weighted by Gasteiger charge is 2.18. The zero-order chi connectivity index (χ0) is 24.9. The first-order valence-corrected chi connectivity index (χ1v) is 11.1. The summed E-state index contributed by atoms with van der Waals surface area (Å²) in [5, 5.41) is 4.95. The number of rotatable bonds is 8. The molecule has 1 aromatic heterocycles. The lowest BCUT2D eigenvalue weighted by atomic mass is 10.0. The zero-order valence-corrected chi connectivity index (χ0v) is 20.5. The fraction of sp³-hybridized carbons (Fsp3) is 0.214. The van der Waals surface area contributed by atoms with Gasteiger partial charge in [0.2, 0.25) is 0 Å². The quantitative estimate of drug-likeness (QED) is 0.369. The molecule has 7 heteroatoms. The largest absolute Gasteiger partial charge is 0.493 e. The molecule has 3 aromatic carbocycles. The summed E-state index contributed by atoms with van der Waals surface area (Å²) in [7, 11) is 6.36. The molecule has 180 valence electrons. The van der Waals surface area contributed by atoms with Crippen LogP contribution in [0.3, 0.4) is 0 Å². The lowest BCUT2D eigenvalue weighted by Gasteiger charge is -2.17. The van der Waals surface area contributed by atoms with Crippen molar-refractivity contribution in [2.24, 2.45) is 0 Å². The maximum atomic E-state index is 13.1. The van der Waals surface area contributed by atoms with Crippen LogP contribution in [0.1, 0.15) is 27.2 Å². The minimum absolute atomic E-state index is 0.200. The van der Waals surface area contributed by atoms with Crippen LogP contribution >= 0.6 is 0 Å². The van der Waals surface area contributed by atoms with Crippen molar-refractivity contribution in [3.8, 4) is 23.0 Å². The summed E-state index contributed by atoms with van der Waals surface area (Å²) in [5.41, 5.74) is 3.77. The second-order valence-corrected chi connectivity index (χ2v) is 8.00. The van der Waals surface area contributed by atoms with Gasteiger partial charge in [0, 0.05) is 35.3 Å². The van der Waals surface area contributed by atoms with E-state index in [-0.39, 0.29) is 5.91 Å². The molecule has 35 heavy (non-hydrogen) atoms. The number of aryl methyl sites for hydroxylation is 1. The van der Waals surface area contributed by atoms with Gasteiger partial charge in [0.15, 0.2) is 23.0 Å². The summed E-state index contributed by atoms with van der Waals surface area (Å²) in [5.74, 6) is 2.16. The number of ether oxygens (including phenoxy) is 4. The van der Waals surface area contributed by atoms with Crippen LogP contribution in [0.15, 0.2) is 60.8 Å². The Morgan fingerprint density at radius 2 is 1.46 bits per heavy atom. The van der Waals surface area contributed by atoms with E-state index in [2.05, 4.69) is 10.3 Å². The Morgan fingerprint density at radius 1 is 0.829 bits per heavy atom. The van der Waals surface area contributed by atoms with Gasteiger partial charge in [-0.3, -0.25) is 9.78 Å². The van der Waals surface area contributed by atoms with E-state index in [0.29, 0.717) is 40.7 Å². The van der Waals surface area contributed by atoms with Crippen molar-refractivity contribution in [3.05, 3.63) is 83.2 Å². The smallest absolute Gasteiger partial charge is 0.255 e.